The Kier molecular flexibility index (Phi) is 7.35. The van der Waals surface area contributed by atoms with Crippen LogP contribution >= 0.6 is 28.3 Å². The molecule has 0 aliphatic carbocycles. The zero-order valence-corrected chi connectivity index (χ0v) is 11.9. The van der Waals surface area contributed by atoms with Gasteiger partial charge in [0, 0.05) is 4.47 Å². The number of hydrogen-bond acceptors (Lipinski definition) is 3. The molecule has 1 aromatic rings. The lowest BCUT2D eigenvalue weighted by molar-refractivity contribution is -0.149. The molecule has 2 atom stereocenters. The zero-order chi connectivity index (χ0) is 13.0. The third kappa shape index (κ3) is 4.51. The minimum absolute atomic E-state index is 0. The van der Waals surface area contributed by atoms with Crippen molar-refractivity contribution in [2.75, 3.05) is 6.61 Å². The number of alkyl halides is 1. The SMILES string of the molecule is CCOC(=O)C(F)[C@H](N)c1cc(F)cc(Br)c1.Cl. The molecule has 1 rings (SSSR count). The number of halogens is 4. The molecule has 2 N–H and O–H groups in total. The van der Waals surface area contributed by atoms with Crippen LogP contribution in [-0.2, 0) is 9.53 Å². The van der Waals surface area contributed by atoms with Crippen LogP contribution in [0, 0.1) is 5.82 Å². The molecule has 0 bridgehead atoms. The maximum atomic E-state index is 13.6. The minimum atomic E-state index is -2.01. The molecule has 0 saturated heterocycles. The van der Waals surface area contributed by atoms with E-state index in [1.807, 2.05) is 0 Å². The Morgan fingerprint density at radius 2 is 2.11 bits per heavy atom. The van der Waals surface area contributed by atoms with Gasteiger partial charge in [-0.05, 0) is 30.7 Å². The van der Waals surface area contributed by atoms with Gasteiger partial charge in [0.15, 0.2) is 0 Å². The van der Waals surface area contributed by atoms with Crippen LogP contribution in [0.3, 0.4) is 0 Å². The van der Waals surface area contributed by atoms with Crippen molar-refractivity contribution in [3.8, 4) is 0 Å². The molecule has 0 aliphatic rings. The molecular weight excluding hydrogens is 331 g/mol. The molecule has 1 aromatic carbocycles. The van der Waals surface area contributed by atoms with E-state index in [0.29, 0.717) is 4.47 Å². The third-order valence-corrected chi connectivity index (χ3v) is 2.55. The molecule has 1 unspecified atom stereocenters. The van der Waals surface area contributed by atoms with Gasteiger partial charge in [-0.3, -0.25) is 0 Å². The quantitative estimate of drug-likeness (QED) is 0.855. The average molecular weight is 345 g/mol. The Bertz CT molecular complexity index is 400. The standard InChI is InChI=1S/C11H12BrF2NO2.ClH/c1-2-17-11(16)9(14)10(15)6-3-7(12)5-8(13)4-6;/h3-5,9-10H,2,15H2,1H3;1H/t9?,10-;/m1./s1. The number of benzene rings is 1. The first-order valence-corrected chi connectivity index (χ1v) is 5.77. The average Bonchev–Trinajstić information content (AvgIpc) is 2.26. The predicted molar refractivity (Wildman–Crippen MR) is 69.8 cm³/mol. The summed E-state index contributed by atoms with van der Waals surface area (Å²) in [6.07, 6.45) is -2.01. The molecule has 18 heavy (non-hydrogen) atoms. The van der Waals surface area contributed by atoms with Crippen LogP contribution < -0.4 is 5.73 Å². The number of carbonyl (C=O) groups excluding carboxylic acids is 1. The lowest BCUT2D eigenvalue weighted by atomic mass is 10.0. The highest BCUT2D eigenvalue weighted by Crippen LogP contribution is 2.23. The zero-order valence-electron chi connectivity index (χ0n) is 9.53. The van der Waals surface area contributed by atoms with Gasteiger partial charge in [-0.25, -0.2) is 13.6 Å². The summed E-state index contributed by atoms with van der Waals surface area (Å²) >= 11 is 3.06. The summed E-state index contributed by atoms with van der Waals surface area (Å²) in [5.74, 6) is -1.60. The fourth-order valence-corrected chi connectivity index (χ4v) is 1.79. The first-order valence-electron chi connectivity index (χ1n) is 4.98. The molecule has 102 valence electrons. The normalized spacial score (nSPS) is 13.4. The summed E-state index contributed by atoms with van der Waals surface area (Å²) in [4.78, 5) is 11.1. The van der Waals surface area contributed by atoms with Crippen LogP contribution in [-0.4, -0.2) is 18.7 Å². The second-order valence-electron chi connectivity index (χ2n) is 3.38. The van der Waals surface area contributed by atoms with E-state index in [2.05, 4.69) is 20.7 Å². The maximum absolute atomic E-state index is 13.6. The third-order valence-electron chi connectivity index (χ3n) is 2.10. The number of nitrogens with two attached hydrogens (primary N) is 1. The van der Waals surface area contributed by atoms with E-state index in [-0.39, 0.29) is 24.6 Å². The highest BCUT2D eigenvalue weighted by atomic mass is 79.9. The first kappa shape index (κ1) is 17.3. The smallest absolute Gasteiger partial charge is 0.342 e. The summed E-state index contributed by atoms with van der Waals surface area (Å²) in [7, 11) is 0. The molecule has 0 spiro atoms. The molecule has 0 amide bonds. The van der Waals surface area contributed by atoms with E-state index in [1.54, 1.807) is 6.92 Å². The molecule has 0 aliphatic heterocycles. The Morgan fingerprint density at radius 1 is 1.50 bits per heavy atom. The van der Waals surface area contributed by atoms with Crippen LogP contribution in [0.15, 0.2) is 22.7 Å². The predicted octanol–water partition coefficient (Wildman–Crippen LogP) is 2.91. The second kappa shape index (κ2) is 7.66. The highest BCUT2D eigenvalue weighted by Gasteiger charge is 2.28. The van der Waals surface area contributed by atoms with Gasteiger partial charge in [0.1, 0.15) is 5.82 Å². The van der Waals surface area contributed by atoms with Gasteiger partial charge in [0.05, 0.1) is 12.6 Å². The van der Waals surface area contributed by atoms with Gasteiger partial charge in [-0.1, -0.05) is 15.9 Å². The van der Waals surface area contributed by atoms with Gasteiger partial charge in [0.2, 0.25) is 6.17 Å². The molecule has 0 fully saturated rings. The fraction of sp³-hybridized carbons (Fsp3) is 0.364. The molecule has 3 nitrogen and oxygen atoms in total. The van der Waals surface area contributed by atoms with Crippen molar-refractivity contribution in [3.05, 3.63) is 34.1 Å². The van der Waals surface area contributed by atoms with Crippen molar-refractivity contribution in [1.82, 2.24) is 0 Å². The van der Waals surface area contributed by atoms with Crippen molar-refractivity contribution in [1.29, 1.82) is 0 Å². The monoisotopic (exact) mass is 343 g/mol. The Labute approximate surface area is 118 Å². The topological polar surface area (TPSA) is 52.3 Å². The summed E-state index contributed by atoms with van der Waals surface area (Å²) in [5, 5.41) is 0. The Hall–Kier alpha value is -0.720. The van der Waals surface area contributed by atoms with E-state index in [1.165, 1.54) is 12.1 Å². The van der Waals surface area contributed by atoms with Crippen LogP contribution in [0.1, 0.15) is 18.5 Å². The second-order valence-corrected chi connectivity index (χ2v) is 4.30. The number of esters is 1. The van der Waals surface area contributed by atoms with Gasteiger partial charge < -0.3 is 10.5 Å². The van der Waals surface area contributed by atoms with Crippen molar-refractivity contribution in [2.45, 2.75) is 19.1 Å². The van der Waals surface area contributed by atoms with Gasteiger partial charge >= 0.3 is 5.97 Å². The van der Waals surface area contributed by atoms with Crippen LogP contribution in [0.4, 0.5) is 8.78 Å². The highest BCUT2D eigenvalue weighted by molar-refractivity contribution is 9.10. The van der Waals surface area contributed by atoms with E-state index < -0.39 is 24.0 Å². The fourth-order valence-electron chi connectivity index (χ4n) is 1.31. The molecule has 7 heteroatoms. The Morgan fingerprint density at radius 3 is 2.61 bits per heavy atom. The summed E-state index contributed by atoms with van der Waals surface area (Å²) in [5.41, 5.74) is 5.74. The van der Waals surface area contributed by atoms with Crippen molar-refractivity contribution in [3.63, 3.8) is 0 Å². The van der Waals surface area contributed by atoms with Crippen molar-refractivity contribution in [2.24, 2.45) is 5.73 Å². The number of rotatable bonds is 4. The lowest BCUT2D eigenvalue weighted by Crippen LogP contribution is -2.31. The molecular formula is C11H13BrClF2NO2. The van der Waals surface area contributed by atoms with Gasteiger partial charge in [0.25, 0.3) is 0 Å². The lowest BCUT2D eigenvalue weighted by Gasteiger charge is -2.16. The van der Waals surface area contributed by atoms with E-state index >= 15 is 0 Å². The minimum Gasteiger partial charge on any atom is -0.464 e. The van der Waals surface area contributed by atoms with Gasteiger partial charge in [-0.15, -0.1) is 12.4 Å². The van der Waals surface area contributed by atoms with Crippen LogP contribution in [0.5, 0.6) is 0 Å². The summed E-state index contributed by atoms with van der Waals surface area (Å²) in [6, 6.07) is 2.51. The van der Waals surface area contributed by atoms with Crippen molar-refractivity contribution >= 4 is 34.3 Å². The molecule has 0 saturated carbocycles. The Balaban J connectivity index is 0.00000289. The van der Waals surface area contributed by atoms with Crippen LogP contribution in [0.25, 0.3) is 0 Å². The molecule has 0 aromatic heterocycles. The summed E-state index contributed by atoms with van der Waals surface area (Å²) in [6.45, 7) is 1.63. The molecule has 0 radical (unpaired) electrons. The number of hydrogen-bond donors (Lipinski definition) is 1. The number of carbonyl (C=O) groups is 1. The van der Waals surface area contributed by atoms with Gasteiger partial charge in [-0.2, -0.15) is 0 Å². The van der Waals surface area contributed by atoms with Crippen LogP contribution in [0.2, 0.25) is 0 Å². The van der Waals surface area contributed by atoms with E-state index in [4.69, 9.17) is 5.73 Å². The number of ether oxygens (including phenoxy) is 1. The molecule has 0 heterocycles. The maximum Gasteiger partial charge on any atom is 0.342 e. The summed E-state index contributed by atoms with van der Waals surface area (Å²) < 4.78 is 31.6. The van der Waals surface area contributed by atoms with Crippen molar-refractivity contribution < 1.29 is 18.3 Å². The first-order chi connectivity index (χ1) is 7.95. The van der Waals surface area contributed by atoms with E-state index in [9.17, 15) is 13.6 Å². The largest absolute Gasteiger partial charge is 0.464 e. The van der Waals surface area contributed by atoms with E-state index in [0.717, 1.165) is 6.07 Å².